The van der Waals surface area contributed by atoms with Gasteiger partial charge in [-0.05, 0) is 51.0 Å². The van der Waals surface area contributed by atoms with E-state index in [9.17, 15) is 9.59 Å². The number of para-hydroxylation sites is 2. The number of thioether (sulfide) groups is 1. The van der Waals surface area contributed by atoms with Crippen molar-refractivity contribution >= 4 is 40.3 Å². The van der Waals surface area contributed by atoms with Crippen molar-refractivity contribution in [3.63, 3.8) is 0 Å². The molecule has 3 aromatic rings. The van der Waals surface area contributed by atoms with Crippen LogP contribution in [0.15, 0.2) is 47.6 Å². The number of likely N-dealkylation sites (tertiary alicyclic amines) is 1. The summed E-state index contributed by atoms with van der Waals surface area (Å²) < 4.78 is 13.1. The Morgan fingerprint density at radius 1 is 1.06 bits per heavy atom. The average molecular weight is 483 g/mol. The summed E-state index contributed by atoms with van der Waals surface area (Å²) in [7, 11) is 0. The van der Waals surface area contributed by atoms with Crippen LogP contribution in [-0.2, 0) is 16.1 Å². The first-order valence-electron chi connectivity index (χ1n) is 11.6. The molecule has 1 aliphatic rings. The smallest absolute Gasteiger partial charge is 0.242 e. The molecule has 9 heteroatoms. The number of rotatable bonds is 10. The lowest BCUT2D eigenvalue weighted by Gasteiger charge is -2.17. The van der Waals surface area contributed by atoms with Crippen LogP contribution in [0.2, 0.25) is 0 Å². The first kappa shape index (κ1) is 23.9. The number of hydrogen-bond acceptors (Lipinski definition) is 6. The first-order chi connectivity index (χ1) is 16.6. The van der Waals surface area contributed by atoms with Gasteiger partial charge in [0.15, 0.2) is 5.16 Å². The third kappa shape index (κ3) is 5.64. The average Bonchev–Trinajstić information content (AvgIpc) is 3.49. The molecule has 4 rings (SSSR count). The number of nitrogens with one attached hydrogen (secondary N) is 1. The van der Waals surface area contributed by atoms with Crippen molar-refractivity contribution in [2.45, 2.75) is 38.4 Å². The molecule has 2 aromatic carbocycles. The highest BCUT2D eigenvalue weighted by atomic mass is 32.2. The summed E-state index contributed by atoms with van der Waals surface area (Å²) in [6.45, 7) is 6.65. The molecule has 1 aromatic heterocycles. The van der Waals surface area contributed by atoms with E-state index in [1.54, 1.807) is 12.1 Å². The maximum Gasteiger partial charge on any atom is 0.242 e. The van der Waals surface area contributed by atoms with Gasteiger partial charge in [0.1, 0.15) is 18.0 Å². The normalized spacial score (nSPS) is 13.3. The molecule has 8 nitrogen and oxygen atoms in total. The van der Waals surface area contributed by atoms with Crippen LogP contribution < -0.4 is 14.8 Å². The molecule has 0 spiro atoms. The third-order valence-electron chi connectivity index (χ3n) is 5.54. The SMILES string of the molecule is CCOc1ccc(OCC)c(NC(=O)CSc2nc3ccccc3n2CC(=O)N2CCCC2)c1. The van der Waals surface area contributed by atoms with Gasteiger partial charge in [-0.3, -0.25) is 9.59 Å². The fourth-order valence-electron chi connectivity index (χ4n) is 3.98. The fourth-order valence-corrected chi connectivity index (χ4v) is 4.79. The number of nitrogens with zero attached hydrogens (tertiary/aromatic N) is 3. The first-order valence-corrected chi connectivity index (χ1v) is 12.6. The van der Waals surface area contributed by atoms with Crippen LogP contribution in [0.5, 0.6) is 11.5 Å². The van der Waals surface area contributed by atoms with E-state index in [1.807, 2.05) is 53.6 Å². The minimum absolute atomic E-state index is 0.0843. The number of carbonyl (C=O) groups is 2. The molecule has 0 saturated carbocycles. The van der Waals surface area contributed by atoms with E-state index in [2.05, 4.69) is 10.3 Å². The summed E-state index contributed by atoms with van der Waals surface area (Å²) in [5, 5.41) is 3.58. The monoisotopic (exact) mass is 482 g/mol. The molecule has 180 valence electrons. The highest BCUT2D eigenvalue weighted by Crippen LogP contribution is 2.30. The second-order valence-corrected chi connectivity index (χ2v) is 8.86. The highest BCUT2D eigenvalue weighted by molar-refractivity contribution is 7.99. The molecule has 2 heterocycles. The number of amides is 2. The minimum atomic E-state index is -0.191. The number of anilines is 1. The molecule has 1 saturated heterocycles. The maximum absolute atomic E-state index is 12.8. The van der Waals surface area contributed by atoms with Gasteiger partial charge in [-0.25, -0.2) is 4.98 Å². The Morgan fingerprint density at radius 3 is 2.59 bits per heavy atom. The maximum atomic E-state index is 12.8. The second kappa shape index (κ2) is 11.3. The molecule has 0 bridgehead atoms. The van der Waals surface area contributed by atoms with Crippen molar-refractivity contribution in [1.29, 1.82) is 0 Å². The molecule has 34 heavy (non-hydrogen) atoms. The van der Waals surface area contributed by atoms with E-state index >= 15 is 0 Å². The standard InChI is InChI=1S/C25H30N4O4S/c1-3-32-18-11-12-22(33-4-2)20(15-18)26-23(30)17-34-25-27-19-9-5-6-10-21(19)29(25)16-24(31)28-13-7-8-14-28/h5-6,9-12,15H,3-4,7-8,13-14,16-17H2,1-2H3,(H,26,30). The Labute approximate surface area is 203 Å². The predicted octanol–water partition coefficient (Wildman–Crippen LogP) is 4.19. The van der Waals surface area contributed by atoms with E-state index in [-0.39, 0.29) is 24.1 Å². The zero-order chi connectivity index (χ0) is 23.9. The van der Waals surface area contributed by atoms with Crippen LogP contribution in [-0.4, -0.2) is 58.3 Å². The third-order valence-corrected chi connectivity index (χ3v) is 6.52. The van der Waals surface area contributed by atoms with Gasteiger partial charge in [0.25, 0.3) is 0 Å². The van der Waals surface area contributed by atoms with Gasteiger partial charge in [0, 0.05) is 19.2 Å². The lowest BCUT2D eigenvalue weighted by atomic mass is 10.2. The zero-order valence-electron chi connectivity index (χ0n) is 19.6. The quantitative estimate of drug-likeness (QED) is 0.436. The second-order valence-electron chi connectivity index (χ2n) is 7.92. The number of aromatic nitrogens is 2. The van der Waals surface area contributed by atoms with E-state index in [0.717, 1.165) is 37.0 Å². The van der Waals surface area contributed by atoms with Crippen molar-refractivity contribution in [2.75, 3.05) is 37.4 Å². The highest BCUT2D eigenvalue weighted by Gasteiger charge is 2.21. The Morgan fingerprint density at radius 2 is 1.82 bits per heavy atom. The number of carbonyl (C=O) groups excluding carboxylic acids is 2. The largest absolute Gasteiger partial charge is 0.494 e. The zero-order valence-corrected chi connectivity index (χ0v) is 20.4. The Hall–Kier alpha value is -3.20. The molecular weight excluding hydrogens is 452 g/mol. The van der Waals surface area contributed by atoms with Crippen LogP contribution in [0, 0.1) is 0 Å². The number of imidazole rings is 1. The summed E-state index contributed by atoms with van der Waals surface area (Å²) in [4.78, 5) is 32.3. The van der Waals surface area contributed by atoms with Crippen LogP contribution in [0.3, 0.4) is 0 Å². The molecule has 0 aliphatic carbocycles. The number of ether oxygens (including phenoxy) is 2. The van der Waals surface area contributed by atoms with E-state index < -0.39 is 0 Å². The van der Waals surface area contributed by atoms with Gasteiger partial charge in [-0.2, -0.15) is 0 Å². The fraction of sp³-hybridized carbons (Fsp3) is 0.400. The van der Waals surface area contributed by atoms with Crippen molar-refractivity contribution in [1.82, 2.24) is 14.5 Å². The lowest BCUT2D eigenvalue weighted by Crippen LogP contribution is -2.31. The minimum Gasteiger partial charge on any atom is -0.494 e. The Bertz CT molecular complexity index is 1160. The lowest BCUT2D eigenvalue weighted by molar-refractivity contribution is -0.130. The van der Waals surface area contributed by atoms with Crippen LogP contribution in [0.4, 0.5) is 5.69 Å². The van der Waals surface area contributed by atoms with Crippen molar-refractivity contribution in [3.05, 3.63) is 42.5 Å². The number of benzene rings is 2. The molecule has 1 N–H and O–H groups in total. The Balaban J connectivity index is 1.48. The predicted molar refractivity (Wildman–Crippen MR) is 134 cm³/mol. The molecule has 0 atom stereocenters. The number of fused-ring (bicyclic) bond motifs is 1. The molecule has 2 amide bonds. The summed E-state index contributed by atoms with van der Waals surface area (Å²) in [5.41, 5.74) is 2.26. The molecule has 0 radical (unpaired) electrons. The summed E-state index contributed by atoms with van der Waals surface area (Å²) in [5.74, 6) is 1.29. The molecular formula is C25H30N4O4S. The van der Waals surface area contributed by atoms with E-state index in [1.165, 1.54) is 11.8 Å². The van der Waals surface area contributed by atoms with Gasteiger partial charge in [-0.15, -0.1) is 0 Å². The van der Waals surface area contributed by atoms with Crippen molar-refractivity contribution in [2.24, 2.45) is 0 Å². The molecule has 1 fully saturated rings. The van der Waals surface area contributed by atoms with Gasteiger partial charge in [-0.1, -0.05) is 23.9 Å². The van der Waals surface area contributed by atoms with Gasteiger partial charge >= 0.3 is 0 Å². The van der Waals surface area contributed by atoms with Crippen molar-refractivity contribution in [3.8, 4) is 11.5 Å². The van der Waals surface area contributed by atoms with E-state index in [4.69, 9.17) is 9.47 Å². The van der Waals surface area contributed by atoms with Gasteiger partial charge in [0.2, 0.25) is 11.8 Å². The van der Waals surface area contributed by atoms with Crippen LogP contribution >= 0.6 is 11.8 Å². The number of hydrogen-bond donors (Lipinski definition) is 1. The van der Waals surface area contributed by atoms with Gasteiger partial charge < -0.3 is 24.3 Å². The summed E-state index contributed by atoms with van der Waals surface area (Å²) >= 11 is 1.32. The van der Waals surface area contributed by atoms with Crippen LogP contribution in [0.1, 0.15) is 26.7 Å². The summed E-state index contributed by atoms with van der Waals surface area (Å²) in [6, 6.07) is 13.1. The van der Waals surface area contributed by atoms with E-state index in [0.29, 0.717) is 35.6 Å². The molecule has 0 unspecified atom stereocenters. The van der Waals surface area contributed by atoms with Crippen molar-refractivity contribution < 1.29 is 19.1 Å². The summed E-state index contributed by atoms with van der Waals surface area (Å²) in [6.07, 6.45) is 2.10. The molecule has 1 aliphatic heterocycles. The topological polar surface area (TPSA) is 85.7 Å². The Kier molecular flexibility index (Phi) is 7.95. The van der Waals surface area contributed by atoms with Gasteiger partial charge in [0.05, 0.1) is 35.7 Å². The van der Waals surface area contributed by atoms with Crippen LogP contribution in [0.25, 0.3) is 11.0 Å².